The maximum Gasteiger partial charge on any atom is 0.417 e. The maximum absolute atomic E-state index is 12.3. The Balaban J connectivity index is 3.05. The first-order chi connectivity index (χ1) is 8.06. The fourth-order valence-corrected chi connectivity index (χ4v) is 1.44. The Kier molecular flexibility index (Phi) is 3.83. The number of aryl methyl sites for hydroxylation is 1. The van der Waals surface area contributed by atoms with Crippen LogP contribution >= 0.6 is 0 Å². The lowest BCUT2D eigenvalue weighted by atomic mass is 9.89. The molecule has 0 aliphatic rings. The molecule has 0 amide bonds. The highest BCUT2D eigenvalue weighted by atomic mass is 19.4. The second-order valence-corrected chi connectivity index (χ2v) is 4.29. The summed E-state index contributed by atoms with van der Waals surface area (Å²) in [6, 6.07) is 5.66. The molecule has 0 spiro atoms. The topological polar surface area (TPSA) is 57.5 Å². The highest BCUT2D eigenvalue weighted by Crippen LogP contribution is 2.30. The quantitative estimate of drug-likeness (QED) is 0.817. The van der Waals surface area contributed by atoms with Crippen LogP contribution in [-0.2, 0) is 0 Å². The number of aliphatic hydroxyl groups is 2. The molecule has 1 unspecified atom stereocenters. The number of ketones is 1. The smallest absolute Gasteiger partial charge is 0.381 e. The lowest BCUT2D eigenvalue weighted by molar-refractivity contribution is -0.241. The lowest BCUT2D eigenvalue weighted by Gasteiger charge is -2.29. The summed E-state index contributed by atoms with van der Waals surface area (Å²) in [7, 11) is 0. The molecule has 1 rings (SSSR count). The Labute approximate surface area is 102 Å². The molecule has 0 heterocycles. The minimum atomic E-state index is -5.07. The van der Waals surface area contributed by atoms with Gasteiger partial charge < -0.3 is 10.2 Å². The van der Waals surface area contributed by atoms with Gasteiger partial charge in [0, 0.05) is 5.56 Å². The van der Waals surface area contributed by atoms with E-state index < -0.39 is 23.7 Å². The van der Waals surface area contributed by atoms with Gasteiger partial charge in [0.1, 0.15) is 0 Å². The number of hydrogen-bond acceptors (Lipinski definition) is 3. The van der Waals surface area contributed by atoms with Gasteiger partial charge in [0.2, 0.25) is 0 Å². The van der Waals surface area contributed by atoms with Crippen LogP contribution in [0.2, 0.25) is 0 Å². The van der Waals surface area contributed by atoms with Gasteiger partial charge in [0.15, 0.2) is 17.5 Å². The van der Waals surface area contributed by atoms with Crippen molar-refractivity contribution in [2.45, 2.75) is 31.7 Å². The Morgan fingerprint density at radius 2 is 1.67 bits per heavy atom. The van der Waals surface area contributed by atoms with Gasteiger partial charge in [-0.05, 0) is 13.8 Å². The van der Waals surface area contributed by atoms with Crippen LogP contribution in [0.25, 0.3) is 0 Å². The van der Waals surface area contributed by atoms with E-state index >= 15 is 0 Å². The van der Waals surface area contributed by atoms with Gasteiger partial charge in [-0.15, -0.1) is 0 Å². The van der Waals surface area contributed by atoms with Crippen molar-refractivity contribution < 1.29 is 28.2 Å². The molecular weight excluding hydrogens is 249 g/mol. The van der Waals surface area contributed by atoms with Crippen LogP contribution in [0, 0.1) is 6.92 Å². The Hall–Kier alpha value is -1.40. The molecule has 0 saturated carbocycles. The molecule has 1 aromatic rings. The molecule has 0 fully saturated rings. The van der Waals surface area contributed by atoms with Crippen LogP contribution in [0.1, 0.15) is 22.8 Å². The van der Waals surface area contributed by atoms with Crippen molar-refractivity contribution in [2.24, 2.45) is 0 Å². The van der Waals surface area contributed by atoms with Crippen molar-refractivity contribution in [3.63, 3.8) is 0 Å². The number of halogens is 3. The Morgan fingerprint density at radius 3 is 2.06 bits per heavy atom. The van der Waals surface area contributed by atoms with E-state index in [0.29, 0.717) is 6.92 Å². The summed E-state index contributed by atoms with van der Waals surface area (Å²) in [5.41, 5.74) is -2.18. The minimum Gasteiger partial charge on any atom is -0.381 e. The number of carbonyl (C=O) groups is 1. The summed E-state index contributed by atoms with van der Waals surface area (Å²) in [6.45, 7) is 2.39. The monoisotopic (exact) mass is 262 g/mol. The zero-order valence-corrected chi connectivity index (χ0v) is 9.82. The number of Topliss-reactive ketones (excluding diaryl/α,β-unsaturated/α-hetero) is 1. The molecule has 1 aromatic carbocycles. The summed E-state index contributed by atoms with van der Waals surface area (Å²) < 4.78 is 37.0. The van der Waals surface area contributed by atoms with Crippen molar-refractivity contribution in [1.29, 1.82) is 0 Å². The van der Waals surface area contributed by atoms with Crippen molar-refractivity contribution in [3.05, 3.63) is 35.4 Å². The van der Waals surface area contributed by atoms with Crippen LogP contribution in [0.3, 0.4) is 0 Å². The van der Waals surface area contributed by atoms with Gasteiger partial charge in [0.25, 0.3) is 0 Å². The van der Waals surface area contributed by atoms with E-state index in [1.54, 1.807) is 6.92 Å². The number of alkyl halides is 3. The van der Waals surface area contributed by atoms with E-state index in [1.807, 2.05) is 0 Å². The van der Waals surface area contributed by atoms with Gasteiger partial charge in [-0.1, -0.05) is 29.8 Å². The van der Waals surface area contributed by atoms with Gasteiger partial charge in [-0.3, -0.25) is 4.79 Å². The molecule has 0 aliphatic carbocycles. The second kappa shape index (κ2) is 4.70. The summed E-state index contributed by atoms with van der Waals surface area (Å²) in [6.07, 6.45) is -8.19. The zero-order chi connectivity index (χ0) is 14.1. The summed E-state index contributed by atoms with van der Waals surface area (Å²) in [5.74, 6) is -1.17. The first-order valence-electron chi connectivity index (χ1n) is 5.15. The number of aliphatic hydroxyl groups excluding tert-OH is 1. The first-order valence-corrected chi connectivity index (χ1v) is 5.15. The number of carbonyl (C=O) groups excluding carboxylic acids is 1. The number of rotatable bonds is 3. The van der Waals surface area contributed by atoms with E-state index in [-0.39, 0.29) is 5.56 Å². The molecule has 0 radical (unpaired) electrons. The van der Waals surface area contributed by atoms with E-state index in [2.05, 4.69) is 0 Å². The SMILES string of the molecule is Cc1ccc(C(=O)[C@](C)(O)C(O)C(F)(F)F)cc1. The second-order valence-electron chi connectivity index (χ2n) is 4.29. The highest BCUT2D eigenvalue weighted by molar-refractivity contribution is 6.02. The van der Waals surface area contributed by atoms with Crippen LogP contribution in [0.4, 0.5) is 13.2 Å². The Morgan fingerprint density at radius 1 is 1.22 bits per heavy atom. The van der Waals surface area contributed by atoms with Gasteiger partial charge in [-0.2, -0.15) is 13.2 Å². The molecule has 0 saturated heterocycles. The van der Waals surface area contributed by atoms with Gasteiger partial charge >= 0.3 is 6.18 Å². The van der Waals surface area contributed by atoms with Crippen LogP contribution in [-0.4, -0.2) is 33.9 Å². The van der Waals surface area contributed by atoms with Crippen LogP contribution in [0.15, 0.2) is 24.3 Å². The predicted octanol–water partition coefficient (Wildman–Crippen LogP) is 1.85. The molecule has 100 valence electrons. The average Bonchev–Trinajstić information content (AvgIpc) is 2.27. The third-order valence-electron chi connectivity index (χ3n) is 2.62. The Bertz CT molecular complexity index is 435. The van der Waals surface area contributed by atoms with Crippen molar-refractivity contribution in [2.75, 3.05) is 0 Å². The van der Waals surface area contributed by atoms with E-state index in [9.17, 15) is 23.1 Å². The highest BCUT2D eigenvalue weighted by Gasteiger charge is 2.53. The normalized spacial score (nSPS) is 17.1. The molecule has 6 heteroatoms. The fraction of sp³-hybridized carbons (Fsp3) is 0.417. The number of benzene rings is 1. The molecule has 0 bridgehead atoms. The lowest BCUT2D eigenvalue weighted by Crippen LogP contribution is -2.54. The largest absolute Gasteiger partial charge is 0.417 e. The van der Waals surface area contributed by atoms with E-state index in [0.717, 1.165) is 5.56 Å². The predicted molar refractivity (Wildman–Crippen MR) is 58.2 cm³/mol. The average molecular weight is 262 g/mol. The zero-order valence-electron chi connectivity index (χ0n) is 9.82. The third-order valence-corrected chi connectivity index (χ3v) is 2.62. The van der Waals surface area contributed by atoms with Crippen molar-refractivity contribution in [1.82, 2.24) is 0 Å². The summed E-state index contributed by atoms with van der Waals surface area (Å²) >= 11 is 0. The van der Waals surface area contributed by atoms with Crippen LogP contribution in [0.5, 0.6) is 0 Å². The third kappa shape index (κ3) is 2.88. The molecule has 2 atom stereocenters. The molecule has 2 N–H and O–H groups in total. The van der Waals surface area contributed by atoms with Gasteiger partial charge in [-0.25, -0.2) is 0 Å². The van der Waals surface area contributed by atoms with E-state index in [4.69, 9.17) is 5.11 Å². The van der Waals surface area contributed by atoms with E-state index in [1.165, 1.54) is 24.3 Å². The molecule has 0 aliphatic heterocycles. The standard InChI is InChI=1S/C12H13F3O3/c1-7-3-5-8(6-4-7)9(16)11(2,18)10(17)12(13,14)15/h3-6,10,17-18H,1-2H3/t10?,11-/m0/s1. The van der Waals surface area contributed by atoms with Crippen LogP contribution < -0.4 is 0 Å². The summed E-state index contributed by atoms with van der Waals surface area (Å²) in [5, 5.41) is 18.6. The molecule has 0 aromatic heterocycles. The minimum absolute atomic E-state index is 0.0890. The molecule has 3 nitrogen and oxygen atoms in total. The molecular formula is C12H13F3O3. The number of hydrogen-bond donors (Lipinski definition) is 2. The van der Waals surface area contributed by atoms with Crippen molar-refractivity contribution in [3.8, 4) is 0 Å². The van der Waals surface area contributed by atoms with Crippen molar-refractivity contribution >= 4 is 5.78 Å². The first kappa shape index (κ1) is 14.7. The maximum atomic E-state index is 12.3. The summed E-state index contributed by atoms with van der Waals surface area (Å²) in [4.78, 5) is 11.8. The fourth-order valence-electron chi connectivity index (χ4n) is 1.44. The van der Waals surface area contributed by atoms with Gasteiger partial charge in [0.05, 0.1) is 0 Å². The molecule has 18 heavy (non-hydrogen) atoms.